The van der Waals surface area contributed by atoms with Crippen LogP contribution >= 0.6 is 0 Å². The van der Waals surface area contributed by atoms with Gasteiger partial charge in [0, 0.05) is 19.6 Å². The van der Waals surface area contributed by atoms with Crippen molar-refractivity contribution in [1.82, 2.24) is 25.3 Å². The minimum Gasteiger partial charge on any atom is -0.458 e. The van der Waals surface area contributed by atoms with Crippen LogP contribution in [0, 0.1) is 0 Å². The van der Waals surface area contributed by atoms with Gasteiger partial charge in [0.2, 0.25) is 0 Å². The molecular weight excluding hydrogens is 284 g/mol. The van der Waals surface area contributed by atoms with Crippen LogP contribution in [-0.2, 0) is 9.53 Å². The first-order chi connectivity index (χ1) is 10.5. The first-order valence-electron chi connectivity index (χ1n) is 7.30. The highest BCUT2D eigenvalue weighted by molar-refractivity contribution is 5.87. The van der Waals surface area contributed by atoms with Gasteiger partial charge in [-0.3, -0.25) is 0 Å². The smallest absolute Gasteiger partial charge is 0.330 e. The van der Waals surface area contributed by atoms with Crippen LogP contribution in [0.15, 0.2) is 12.7 Å². The lowest BCUT2D eigenvalue weighted by Gasteiger charge is -2.36. The summed E-state index contributed by atoms with van der Waals surface area (Å²) in [5, 5.41) is 3.23. The highest BCUT2D eigenvalue weighted by atomic mass is 16.6. The van der Waals surface area contributed by atoms with Crippen molar-refractivity contribution in [3.63, 3.8) is 0 Å². The molecule has 22 heavy (non-hydrogen) atoms. The monoisotopic (exact) mass is 304 g/mol. The maximum absolute atomic E-state index is 12.5. The molecule has 1 saturated heterocycles. The Labute approximate surface area is 128 Å². The molecule has 2 N–H and O–H groups in total. The molecule has 0 spiro atoms. The molecule has 3 heterocycles. The van der Waals surface area contributed by atoms with E-state index in [1.165, 1.54) is 6.33 Å². The maximum atomic E-state index is 12.5. The van der Waals surface area contributed by atoms with Crippen LogP contribution in [0.5, 0.6) is 0 Å². The number of H-pyrrole nitrogens is 1. The second-order valence-corrected chi connectivity index (χ2v) is 6.25. The largest absolute Gasteiger partial charge is 0.458 e. The van der Waals surface area contributed by atoms with Gasteiger partial charge in [-0.05, 0) is 20.8 Å². The molecule has 2 aromatic heterocycles. The first-order valence-corrected chi connectivity index (χ1v) is 7.30. The summed E-state index contributed by atoms with van der Waals surface area (Å²) in [4.78, 5) is 30.1. The second-order valence-electron chi connectivity index (χ2n) is 6.25. The molecule has 0 bridgehead atoms. The summed E-state index contributed by atoms with van der Waals surface area (Å²) in [5.41, 5.74) is 0.805. The zero-order valence-electron chi connectivity index (χ0n) is 13.0. The van der Waals surface area contributed by atoms with E-state index >= 15 is 0 Å². The topological polar surface area (TPSA) is 96.0 Å². The average Bonchev–Trinajstić information content (AvgIpc) is 2.93. The van der Waals surface area contributed by atoms with E-state index in [9.17, 15) is 4.79 Å². The highest BCUT2D eigenvalue weighted by Gasteiger charge is 2.34. The summed E-state index contributed by atoms with van der Waals surface area (Å²) in [7, 11) is 0. The minimum atomic E-state index is -0.519. The lowest BCUT2D eigenvalue weighted by molar-refractivity contribution is -0.156. The van der Waals surface area contributed by atoms with Crippen molar-refractivity contribution >= 4 is 23.0 Å². The Bertz CT molecular complexity index is 677. The van der Waals surface area contributed by atoms with Crippen LogP contribution in [0.4, 0.5) is 5.82 Å². The lowest BCUT2D eigenvalue weighted by atomic mass is 10.1. The number of nitrogens with one attached hydrogen (secondary N) is 2. The quantitative estimate of drug-likeness (QED) is 0.779. The number of imidazole rings is 1. The molecule has 0 amide bonds. The number of anilines is 1. The number of carbonyl (C=O) groups is 1. The molecule has 8 nitrogen and oxygen atoms in total. The molecule has 1 aliphatic heterocycles. The van der Waals surface area contributed by atoms with Gasteiger partial charge in [0.05, 0.1) is 6.33 Å². The molecule has 118 valence electrons. The van der Waals surface area contributed by atoms with E-state index in [0.29, 0.717) is 24.6 Å². The zero-order chi connectivity index (χ0) is 15.7. The number of rotatable bonds is 2. The number of fused-ring (bicyclic) bond motifs is 1. The number of esters is 1. The predicted octanol–water partition coefficient (Wildman–Crippen LogP) is 0.473. The molecule has 1 atom stereocenters. The lowest BCUT2D eigenvalue weighted by Crippen LogP contribution is -2.56. The van der Waals surface area contributed by atoms with Crippen molar-refractivity contribution in [2.45, 2.75) is 32.4 Å². The van der Waals surface area contributed by atoms with E-state index in [-0.39, 0.29) is 5.97 Å². The van der Waals surface area contributed by atoms with Gasteiger partial charge in [0.1, 0.15) is 23.5 Å². The fourth-order valence-corrected chi connectivity index (χ4v) is 2.51. The fourth-order valence-electron chi connectivity index (χ4n) is 2.51. The third kappa shape index (κ3) is 2.87. The van der Waals surface area contributed by atoms with Crippen molar-refractivity contribution in [3.8, 4) is 0 Å². The molecular formula is C14H20N6O2. The standard InChI is InChI=1S/C14H20N6O2/c1-14(2,3)22-13(21)9-6-15-4-5-20(9)12-10-11(17-7-16-10)18-8-19-12/h7-9,15H,4-6H2,1-3H3,(H,16,17,18,19). The molecule has 3 rings (SSSR count). The minimum absolute atomic E-state index is 0.258. The van der Waals surface area contributed by atoms with Gasteiger partial charge in [-0.1, -0.05) is 0 Å². The molecule has 1 unspecified atom stereocenters. The number of hydrogen-bond acceptors (Lipinski definition) is 7. The third-order valence-electron chi connectivity index (χ3n) is 3.40. The maximum Gasteiger partial charge on any atom is 0.330 e. The Balaban J connectivity index is 1.93. The molecule has 8 heteroatoms. The molecule has 2 aromatic rings. The first kappa shape index (κ1) is 14.7. The zero-order valence-corrected chi connectivity index (χ0v) is 13.0. The second kappa shape index (κ2) is 5.53. The van der Waals surface area contributed by atoms with Crippen molar-refractivity contribution in [1.29, 1.82) is 0 Å². The Morgan fingerprint density at radius 2 is 2.18 bits per heavy atom. The van der Waals surface area contributed by atoms with E-state index in [0.717, 1.165) is 12.1 Å². The summed E-state index contributed by atoms with van der Waals surface area (Å²) >= 11 is 0. The third-order valence-corrected chi connectivity index (χ3v) is 3.40. The van der Waals surface area contributed by atoms with Crippen molar-refractivity contribution in [3.05, 3.63) is 12.7 Å². The van der Waals surface area contributed by atoms with Crippen LogP contribution < -0.4 is 10.2 Å². The Morgan fingerprint density at radius 3 is 2.95 bits per heavy atom. The number of piperazine rings is 1. The van der Waals surface area contributed by atoms with Crippen LogP contribution in [0.2, 0.25) is 0 Å². The van der Waals surface area contributed by atoms with Crippen LogP contribution in [0.25, 0.3) is 11.2 Å². The van der Waals surface area contributed by atoms with Crippen LogP contribution in [0.1, 0.15) is 20.8 Å². The van der Waals surface area contributed by atoms with Crippen molar-refractivity contribution in [2.24, 2.45) is 0 Å². The van der Waals surface area contributed by atoms with Gasteiger partial charge in [0.25, 0.3) is 0 Å². The normalized spacial score (nSPS) is 19.4. The highest BCUT2D eigenvalue weighted by Crippen LogP contribution is 2.23. The Hall–Kier alpha value is -2.22. The van der Waals surface area contributed by atoms with Gasteiger partial charge in [0.15, 0.2) is 11.5 Å². The molecule has 0 aromatic carbocycles. The molecule has 1 fully saturated rings. The van der Waals surface area contributed by atoms with E-state index in [4.69, 9.17) is 4.74 Å². The number of carbonyl (C=O) groups excluding carboxylic acids is 1. The Morgan fingerprint density at radius 1 is 1.36 bits per heavy atom. The van der Waals surface area contributed by atoms with E-state index in [1.54, 1.807) is 6.33 Å². The van der Waals surface area contributed by atoms with Gasteiger partial charge >= 0.3 is 5.97 Å². The number of hydrogen-bond donors (Lipinski definition) is 2. The summed E-state index contributed by atoms with van der Waals surface area (Å²) in [6, 6.07) is -0.422. The number of aromatic amines is 1. The van der Waals surface area contributed by atoms with Crippen molar-refractivity contribution < 1.29 is 9.53 Å². The summed E-state index contributed by atoms with van der Waals surface area (Å²) < 4.78 is 5.53. The number of aromatic nitrogens is 4. The van der Waals surface area contributed by atoms with Crippen molar-refractivity contribution in [2.75, 3.05) is 24.5 Å². The van der Waals surface area contributed by atoms with Gasteiger partial charge in [-0.25, -0.2) is 19.7 Å². The van der Waals surface area contributed by atoms with E-state index in [2.05, 4.69) is 25.3 Å². The summed E-state index contributed by atoms with van der Waals surface area (Å²) in [5.74, 6) is 0.422. The van der Waals surface area contributed by atoms with Gasteiger partial charge in [-0.2, -0.15) is 0 Å². The molecule has 0 saturated carbocycles. The molecule has 1 aliphatic rings. The molecule has 0 radical (unpaired) electrons. The predicted molar refractivity (Wildman–Crippen MR) is 81.5 cm³/mol. The van der Waals surface area contributed by atoms with E-state index < -0.39 is 11.6 Å². The number of nitrogens with zero attached hydrogens (tertiary/aromatic N) is 4. The average molecular weight is 304 g/mol. The van der Waals surface area contributed by atoms with Gasteiger partial charge < -0.3 is 19.9 Å². The van der Waals surface area contributed by atoms with Gasteiger partial charge in [-0.15, -0.1) is 0 Å². The SMILES string of the molecule is CC(C)(C)OC(=O)C1CNCCN1c1ncnc2nc[nH]c12. The summed E-state index contributed by atoms with van der Waals surface area (Å²) in [6.45, 7) is 7.55. The Kier molecular flexibility index (Phi) is 3.69. The number of ether oxygens (including phenoxy) is 1. The molecule has 0 aliphatic carbocycles. The summed E-state index contributed by atoms with van der Waals surface area (Å²) in [6.07, 6.45) is 3.04. The van der Waals surface area contributed by atoms with E-state index in [1.807, 2.05) is 25.7 Å². The van der Waals surface area contributed by atoms with Crippen LogP contribution in [0.3, 0.4) is 0 Å². The fraction of sp³-hybridized carbons (Fsp3) is 0.571. The van der Waals surface area contributed by atoms with Crippen LogP contribution in [-0.4, -0.2) is 57.2 Å².